The van der Waals surface area contributed by atoms with E-state index in [1.807, 2.05) is 0 Å². The first-order chi connectivity index (χ1) is 20.8. The highest BCUT2D eigenvalue weighted by Crippen LogP contribution is 2.38. The number of rotatable bonds is 4. The molecule has 0 spiro atoms. The van der Waals surface area contributed by atoms with Gasteiger partial charge in [0.2, 0.25) is 0 Å². The lowest BCUT2D eigenvalue weighted by molar-refractivity contribution is 1.60. The van der Waals surface area contributed by atoms with Crippen molar-refractivity contribution < 1.29 is 0 Å². The van der Waals surface area contributed by atoms with Gasteiger partial charge in [0.1, 0.15) is 0 Å². The fourth-order valence-corrected chi connectivity index (χ4v) is 6.34. The standard InChI is InChI=1S/C42H28/c1-2-11-33-27-35(24-19-29(33)9-1)34-13-7-14-36(28-34)40-26-25-39(41-16-5-6-17-42(40)41)32-22-20-31(21-23-32)38-18-8-12-30-10-3-4-15-37(30)38/h1-28H. The lowest BCUT2D eigenvalue weighted by atomic mass is 9.90. The van der Waals surface area contributed by atoms with Crippen LogP contribution >= 0.6 is 0 Å². The highest BCUT2D eigenvalue weighted by Gasteiger charge is 2.11. The maximum atomic E-state index is 2.32. The largest absolute Gasteiger partial charge is 0.0616 e. The molecule has 8 rings (SSSR count). The summed E-state index contributed by atoms with van der Waals surface area (Å²) in [6, 6.07) is 61.8. The van der Waals surface area contributed by atoms with Crippen LogP contribution in [-0.2, 0) is 0 Å². The van der Waals surface area contributed by atoms with Gasteiger partial charge >= 0.3 is 0 Å². The van der Waals surface area contributed by atoms with Crippen molar-refractivity contribution >= 4 is 32.3 Å². The second-order valence-electron chi connectivity index (χ2n) is 11.0. The molecule has 0 saturated heterocycles. The fraction of sp³-hybridized carbons (Fsp3) is 0. The van der Waals surface area contributed by atoms with Crippen molar-refractivity contribution in [2.75, 3.05) is 0 Å². The minimum atomic E-state index is 1.23. The van der Waals surface area contributed by atoms with Crippen LogP contribution in [0.1, 0.15) is 0 Å². The minimum Gasteiger partial charge on any atom is -0.0616 e. The van der Waals surface area contributed by atoms with Crippen LogP contribution in [0.25, 0.3) is 76.8 Å². The molecule has 0 unspecified atom stereocenters. The van der Waals surface area contributed by atoms with Crippen molar-refractivity contribution in [1.29, 1.82) is 0 Å². The highest BCUT2D eigenvalue weighted by molar-refractivity contribution is 6.05. The zero-order valence-electron chi connectivity index (χ0n) is 23.2. The third-order valence-electron chi connectivity index (χ3n) is 8.48. The fourth-order valence-electron chi connectivity index (χ4n) is 6.34. The molecule has 0 aliphatic rings. The van der Waals surface area contributed by atoms with Crippen molar-refractivity contribution in [1.82, 2.24) is 0 Å². The third kappa shape index (κ3) is 4.26. The Bertz CT molecular complexity index is 2230. The molecule has 0 bridgehead atoms. The molecule has 0 N–H and O–H groups in total. The Balaban J connectivity index is 1.19. The van der Waals surface area contributed by atoms with Crippen LogP contribution in [0.5, 0.6) is 0 Å². The molecule has 0 saturated carbocycles. The SMILES string of the molecule is c1cc(-c2ccc3ccccc3c2)cc(-c2ccc(-c3ccc(-c4cccc5ccccc45)cc3)c3ccccc23)c1. The molecule has 0 aliphatic heterocycles. The van der Waals surface area contributed by atoms with Gasteiger partial charge in [-0.1, -0.05) is 158 Å². The Kier molecular flexibility index (Phi) is 5.90. The van der Waals surface area contributed by atoms with Gasteiger partial charge in [-0.2, -0.15) is 0 Å². The van der Waals surface area contributed by atoms with Gasteiger partial charge < -0.3 is 0 Å². The molecule has 0 nitrogen and oxygen atoms in total. The second-order valence-corrected chi connectivity index (χ2v) is 11.0. The molecule has 0 atom stereocenters. The van der Waals surface area contributed by atoms with E-state index in [-0.39, 0.29) is 0 Å². The maximum Gasteiger partial charge on any atom is -0.00992 e. The van der Waals surface area contributed by atoms with Gasteiger partial charge in [-0.25, -0.2) is 0 Å². The van der Waals surface area contributed by atoms with Gasteiger partial charge in [0, 0.05) is 0 Å². The van der Waals surface area contributed by atoms with Crippen LogP contribution < -0.4 is 0 Å². The van der Waals surface area contributed by atoms with Crippen LogP contribution in [0, 0.1) is 0 Å². The molecule has 8 aromatic carbocycles. The number of benzene rings is 8. The topological polar surface area (TPSA) is 0 Å². The maximum absolute atomic E-state index is 2.32. The molecular weight excluding hydrogens is 504 g/mol. The van der Waals surface area contributed by atoms with E-state index in [0.717, 1.165) is 0 Å². The quantitative estimate of drug-likeness (QED) is 0.211. The minimum absolute atomic E-state index is 1.23. The molecule has 0 aromatic heterocycles. The molecule has 0 heteroatoms. The monoisotopic (exact) mass is 532 g/mol. The Morgan fingerprint density at radius 1 is 0.214 bits per heavy atom. The molecular formula is C42H28. The zero-order chi connectivity index (χ0) is 27.9. The van der Waals surface area contributed by atoms with Gasteiger partial charge in [0.25, 0.3) is 0 Å². The van der Waals surface area contributed by atoms with E-state index in [4.69, 9.17) is 0 Å². The Labute approximate surface area is 246 Å². The van der Waals surface area contributed by atoms with E-state index >= 15 is 0 Å². The van der Waals surface area contributed by atoms with E-state index in [2.05, 4.69) is 170 Å². The van der Waals surface area contributed by atoms with Crippen molar-refractivity contribution in [2.24, 2.45) is 0 Å². The molecule has 8 aromatic rings. The average molecular weight is 533 g/mol. The summed E-state index contributed by atoms with van der Waals surface area (Å²) in [6.45, 7) is 0. The first-order valence-corrected chi connectivity index (χ1v) is 14.5. The molecule has 196 valence electrons. The van der Waals surface area contributed by atoms with Gasteiger partial charge in [-0.3, -0.25) is 0 Å². The Hall–Kier alpha value is -5.46. The normalized spacial score (nSPS) is 11.3. The summed E-state index contributed by atoms with van der Waals surface area (Å²) in [6.07, 6.45) is 0. The van der Waals surface area contributed by atoms with Crippen LogP contribution in [0.4, 0.5) is 0 Å². The van der Waals surface area contributed by atoms with Crippen molar-refractivity contribution in [3.05, 3.63) is 170 Å². The van der Waals surface area contributed by atoms with Gasteiger partial charge in [-0.05, 0) is 89.0 Å². The lowest BCUT2D eigenvalue weighted by Gasteiger charge is -2.14. The summed E-state index contributed by atoms with van der Waals surface area (Å²) in [5.41, 5.74) is 9.95. The van der Waals surface area contributed by atoms with Crippen LogP contribution in [0.3, 0.4) is 0 Å². The number of hydrogen-bond acceptors (Lipinski definition) is 0. The summed E-state index contributed by atoms with van der Waals surface area (Å²) in [7, 11) is 0. The van der Waals surface area contributed by atoms with E-state index < -0.39 is 0 Å². The van der Waals surface area contributed by atoms with Crippen LogP contribution in [0.15, 0.2) is 170 Å². The molecule has 0 fully saturated rings. The predicted octanol–water partition coefficient (Wildman–Crippen LogP) is 11.8. The Morgan fingerprint density at radius 2 is 0.690 bits per heavy atom. The molecule has 0 radical (unpaired) electrons. The van der Waals surface area contributed by atoms with E-state index in [9.17, 15) is 0 Å². The summed E-state index contributed by atoms with van der Waals surface area (Å²) in [5.74, 6) is 0. The zero-order valence-corrected chi connectivity index (χ0v) is 23.2. The van der Waals surface area contributed by atoms with E-state index in [1.165, 1.54) is 76.8 Å². The van der Waals surface area contributed by atoms with Crippen LogP contribution in [-0.4, -0.2) is 0 Å². The molecule has 0 aliphatic carbocycles. The number of fused-ring (bicyclic) bond motifs is 3. The summed E-state index contributed by atoms with van der Waals surface area (Å²) >= 11 is 0. The molecule has 0 heterocycles. The Morgan fingerprint density at radius 3 is 1.43 bits per heavy atom. The molecule has 42 heavy (non-hydrogen) atoms. The number of hydrogen-bond donors (Lipinski definition) is 0. The van der Waals surface area contributed by atoms with Gasteiger partial charge in [0.05, 0.1) is 0 Å². The van der Waals surface area contributed by atoms with Crippen molar-refractivity contribution in [3.63, 3.8) is 0 Å². The highest BCUT2D eigenvalue weighted by atomic mass is 14.2. The summed E-state index contributed by atoms with van der Waals surface area (Å²) in [4.78, 5) is 0. The predicted molar refractivity (Wildman–Crippen MR) is 181 cm³/mol. The van der Waals surface area contributed by atoms with Crippen LogP contribution in [0.2, 0.25) is 0 Å². The lowest BCUT2D eigenvalue weighted by Crippen LogP contribution is -1.88. The second kappa shape index (κ2) is 10.2. The first-order valence-electron chi connectivity index (χ1n) is 14.5. The van der Waals surface area contributed by atoms with Gasteiger partial charge in [0.15, 0.2) is 0 Å². The van der Waals surface area contributed by atoms with E-state index in [0.29, 0.717) is 0 Å². The average Bonchev–Trinajstić information content (AvgIpc) is 3.07. The van der Waals surface area contributed by atoms with Crippen molar-refractivity contribution in [2.45, 2.75) is 0 Å². The summed E-state index contributed by atoms with van der Waals surface area (Å²) < 4.78 is 0. The smallest absolute Gasteiger partial charge is 0.00992 e. The van der Waals surface area contributed by atoms with E-state index in [1.54, 1.807) is 0 Å². The van der Waals surface area contributed by atoms with Crippen molar-refractivity contribution in [3.8, 4) is 44.5 Å². The molecule has 0 amide bonds. The third-order valence-corrected chi connectivity index (χ3v) is 8.48. The van der Waals surface area contributed by atoms with Gasteiger partial charge in [-0.15, -0.1) is 0 Å². The first kappa shape index (κ1) is 24.3. The summed E-state index contributed by atoms with van der Waals surface area (Å²) in [5, 5.41) is 7.62.